The molecule has 2 aliphatic heterocycles. The van der Waals surface area contributed by atoms with Gasteiger partial charge in [0, 0.05) is 0 Å². The lowest BCUT2D eigenvalue weighted by atomic mass is 10.1. The van der Waals surface area contributed by atoms with Crippen LogP contribution in [0.1, 0.15) is 13.8 Å². The Labute approximate surface area is 127 Å². The lowest BCUT2D eigenvalue weighted by molar-refractivity contribution is -0.154. The zero-order chi connectivity index (χ0) is 16.4. The predicted molar refractivity (Wildman–Crippen MR) is 77.6 cm³/mol. The molecule has 22 heavy (non-hydrogen) atoms. The van der Waals surface area contributed by atoms with Gasteiger partial charge in [0.1, 0.15) is 36.6 Å². The van der Waals surface area contributed by atoms with E-state index in [0.717, 1.165) is 0 Å². The summed E-state index contributed by atoms with van der Waals surface area (Å²) in [5, 5.41) is 25.3. The normalized spacial score (nSPS) is 31.6. The Morgan fingerprint density at radius 1 is 1.55 bits per heavy atom. The number of aliphatic hydroxyl groups excluding tert-OH is 2. The van der Waals surface area contributed by atoms with Crippen molar-refractivity contribution >= 4 is 18.0 Å². The van der Waals surface area contributed by atoms with Gasteiger partial charge in [-0.3, -0.25) is 4.79 Å². The van der Waals surface area contributed by atoms with E-state index in [-0.39, 0.29) is 24.2 Å². The van der Waals surface area contributed by atoms with E-state index in [1.54, 1.807) is 13.8 Å². The topological polar surface area (TPSA) is 130 Å². The molecule has 0 amide bonds. The monoisotopic (exact) mass is 312 g/mol. The molecule has 1 fully saturated rings. The highest BCUT2D eigenvalue weighted by atomic mass is 16.6. The summed E-state index contributed by atoms with van der Waals surface area (Å²) in [6.45, 7) is 6.88. The molecule has 0 bridgehead atoms. The Morgan fingerprint density at radius 2 is 2.23 bits per heavy atom. The number of nitrogens with zero attached hydrogens (tertiary/aromatic N) is 3. The lowest BCUT2D eigenvalue weighted by Gasteiger charge is -2.28. The second-order valence-corrected chi connectivity index (χ2v) is 5.37. The molecule has 9 heteroatoms. The Balaban J connectivity index is 2.00. The first kappa shape index (κ1) is 16.4. The number of esters is 1. The SMILES string of the molecule is C=C1N=C(N)C=NN1[C@@H]1O[C@H](COC(=O)C(C)C)C(O)[C@@H]1O. The van der Waals surface area contributed by atoms with Crippen molar-refractivity contribution in [1.82, 2.24) is 5.01 Å². The highest BCUT2D eigenvalue weighted by molar-refractivity contribution is 6.29. The second kappa shape index (κ2) is 6.42. The number of carbonyl (C=O) groups is 1. The molecule has 0 saturated carbocycles. The van der Waals surface area contributed by atoms with Gasteiger partial charge in [-0.2, -0.15) is 5.10 Å². The highest BCUT2D eigenvalue weighted by Gasteiger charge is 2.47. The maximum atomic E-state index is 11.5. The van der Waals surface area contributed by atoms with E-state index in [2.05, 4.69) is 16.7 Å². The standard InChI is InChI=1S/C13H20N4O5/c1-6(2)13(20)21-5-8-10(18)11(19)12(22-8)17-7(3)16-9(14)4-15-17/h4,6,8,10-12,18-19H,3,5H2,1-2H3,(H2,14,16)/t8-,10?,11+,12-/m1/s1. The van der Waals surface area contributed by atoms with Crippen LogP contribution < -0.4 is 5.73 Å². The maximum Gasteiger partial charge on any atom is 0.308 e. The van der Waals surface area contributed by atoms with Gasteiger partial charge in [0.05, 0.1) is 12.1 Å². The summed E-state index contributed by atoms with van der Waals surface area (Å²) >= 11 is 0. The zero-order valence-electron chi connectivity index (χ0n) is 12.4. The molecule has 122 valence electrons. The molecule has 0 aliphatic carbocycles. The van der Waals surface area contributed by atoms with Crippen LogP contribution in [-0.2, 0) is 14.3 Å². The number of aliphatic hydroxyl groups is 2. The Kier molecular flexibility index (Phi) is 4.79. The van der Waals surface area contributed by atoms with E-state index < -0.39 is 30.5 Å². The Morgan fingerprint density at radius 3 is 2.82 bits per heavy atom. The van der Waals surface area contributed by atoms with Gasteiger partial charge >= 0.3 is 5.97 Å². The molecular weight excluding hydrogens is 292 g/mol. The van der Waals surface area contributed by atoms with Gasteiger partial charge in [0.15, 0.2) is 6.23 Å². The number of ether oxygens (including phenoxy) is 2. The first-order valence-corrected chi connectivity index (χ1v) is 6.85. The summed E-state index contributed by atoms with van der Waals surface area (Å²) in [5.41, 5.74) is 5.49. The first-order valence-electron chi connectivity index (χ1n) is 6.85. The average Bonchev–Trinajstić information content (AvgIpc) is 2.73. The fraction of sp³-hybridized carbons (Fsp3) is 0.615. The van der Waals surface area contributed by atoms with E-state index in [9.17, 15) is 15.0 Å². The van der Waals surface area contributed by atoms with E-state index in [0.29, 0.717) is 0 Å². The van der Waals surface area contributed by atoms with Crippen molar-refractivity contribution in [3.8, 4) is 0 Å². The van der Waals surface area contributed by atoms with Gasteiger partial charge in [-0.1, -0.05) is 20.4 Å². The van der Waals surface area contributed by atoms with Crippen LogP contribution in [0.25, 0.3) is 0 Å². The minimum absolute atomic E-state index is 0.165. The van der Waals surface area contributed by atoms with Gasteiger partial charge < -0.3 is 25.4 Å². The number of hydrogen-bond acceptors (Lipinski definition) is 9. The number of carbonyl (C=O) groups excluding carboxylic acids is 1. The molecule has 0 aromatic heterocycles. The van der Waals surface area contributed by atoms with Crippen LogP contribution in [0.2, 0.25) is 0 Å². The number of amidine groups is 1. The van der Waals surface area contributed by atoms with Crippen molar-refractivity contribution in [1.29, 1.82) is 0 Å². The van der Waals surface area contributed by atoms with Crippen LogP contribution in [-0.4, -0.2) is 64.4 Å². The lowest BCUT2D eigenvalue weighted by Crippen LogP contribution is -2.42. The molecule has 0 aromatic rings. The van der Waals surface area contributed by atoms with Gasteiger partial charge in [0.25, 0.3) is 0 Å². The largest absolute Gasteiger partial charge is 0.463 e. The number of nitrogens with two attached hydrogens (primary N) is 1. The molecular formula is C13H20N4O5. The molecule has 0 radical (unpaired) electrons. The van der Waals surface area contributed by atoms with Crippen molar-refractivity contribution < 1.29 is 24.5 Å². The summed E-state index contributed by atoms with van der Waals surface area (Å²) in [6, 6.07) is 0. The van der Waals surface area contributed by atoms with Gasteiger partial charge in [-0.05, 0) is 0 Å². The minimum atomic E-state index is -1.26. The van der Waals surface area contributed by atoms with Gasteiger partial charge in [-0.15, -0.1) is 0 Å². The smallest absolute Gasteiger partial charge is 0.308 e. The van der Waals surface area contributed by atoms with Crippen LogP contribution in [0.5, 0.6) is 0 Å². The molecule has 2 heterocycles. The summed E-state index contributed by atoms with van der Waals surface area (Å²) in [4.78, 5) is 15.4. The van der Waals surface area contributed by atoms with Crippen molar-refractivity contribution in [2.24, 2.45) is 21.7 Å². The molecule has 0 aromatic carbocycles. The van der Waals surface area contributed by atoms with Crippen LogP contribution in [0.3, 0.4) is 0 Å². The van der Waals surface area contributed by atoms with Gasteiger partial charge in [-0.25, -0.2) is 10.0 Å². The summed E-state index contributed by atoms with van der Waals surface area (Å²) in [5.74, 6) is -0.345. The van der Waals surface area contributed by atoms with Crippen molar-refractivity contribution in [3.63, 3.8) is 0 Å². The molecule has 9 nitrogen and oxygen atoms in total. The van der Waals surface area contributed by atoms with E-state index >= 15 is 0 Å². The number of hydrazone groups is 1. The van der Waals surface area contributed by atoms with Gasteiger partial charge in [0.2, 0.25) is 0 Å². The highest BCUT2D eigenvalue weighted by Crippen LogP contribution is 2.28. The Hall–Kier alpha value is -1.97. The molecule has 1 unspecified atom stereocenters. The van der Waals surface area contributed by atoms with Crippen molar-refractivity contribution in [2.75, 3.05) is 6.61 Å². The summed E-state index contributed by atoms with van der Waals surface area (Å²) in [6.07, 6.45) is -3.06. The Bertz CT molecular complexity index is 519. The van der Waals surface area contributed by atoms with E-state index in [1.807, 2.05) is 0 Å². The first-order chi connectivity index (χ1) is 10.3. The third-order valence-corrected chi connectivity index (χ3v) is 3.28. The maximum absolute atomic E-state index is 11.5. The van der Waals surface area contributed by atoms with Crippen LogP contribution in [0.15, 0.2) is 22.5 Å². The minimum Gasteiger partial charge on any atom is -0.463 e. The molecule has 2 rings (SSSR count). The van der Waals surface area contributed by atoms with Crippen molar-refractivity contribution in [2.45, 2.75) is 38.4 Å². The van der Waals surface area contributed by atoms with Crippen LogP contribution >= 0.6 is 0 Å². The third-order valence-electron chi connectivity index (χ3n) is 3.28. The number of rotatable bonds is 4. The molecule has 0 spiro atoms. The van der Waals surface area contributed by atoms with Crippen LogP contribution in [0, 0.1) is 5.92 Å². The third kappa shape index (κ3) is 3.26. The fourth-order valence-corrected chi connectivity index (χ4v) is 2.03. The summed E-state index contributed by atoms with van der Waals surface area (Å²) < 4.78 is 10.5. The molecule has 4 N–H and O–H groups in total. The second-order valence-electron chi connectivity index (χ2n) is 5.37. The molecule has 2 aliphatic rings. The number of aliphatic imine (C=N–C) groups is 1. The number of hydrogen-bond donors (Lipinski definition) is 3. The summed E-state index contributed by atoms with van der Waals surface area (Å²) in [7, 11) is 0. The average molecular weight is 312 g/mol. The fourth-order valence-electron chi connectivity index (χ4n) is 2.03. The van der Waals surface area contributed by atoms with E-state index in [1.165, 1.54) is 11.2 Å². The molecule has 4 atom stereocenters. The van der Waals surface area contributed by atoms with Crippen molar-refractivity contribution in [3.05, 3.63) is 12.4 Å². The molecule has 1 saturated heterocycles. The predicted octanol–water partition coefficient (Wildman–Crippen LogP) is -1.24. The quantitative estimate of drug-likeness (QED) is 0.554. The zero-order valence-corrected chi connectivity index (χ0v) is 12.4. The van der Waals surface area contributed by atoms with E-state index in [4.69, 9.17) is 15.2 Å². The van der Waals surface area contributed by atoms with Crippen LogP contribution in [0.4, 0.5) is 0 Å².